The molecule has 0 bridgehead atoms. The van der Waals surface area contributed by atoms with Crippen molar-refractivity contribution in [3.63, 3.8) is 0 Å². The Balaban J connectivity index is 1.46. The van der Waals surface area contributed by atoms with Crippen LogP contribution in [-0.4, -0.2) is 49.0 Å². The highest BCUT2D eigenvalue weighted by molar-refractivity contribution is 5.81. The molecule has 1 atom stereocenters. The van der Waals surface area contributed by atoms with Crippen LogP contribution in [0.25, 0.3) is 0 Å². The van der Waals surface area contributed by atoms with E-state index in [-0.39, 0.29) is 0 Å². The van der Waals surface area contributed by atoms with Crippen LogP contribution in [0.15, 0.2) is 4.99 Å². The van der Waals surface area contributed by atoms with Gasteiger partial charge in [-0.25, -0.2) is 0 Å². The summed E-state index contributed by atoms with van der Waals surface area (Å²) in [5, 5.41) is 6.98. The number of guanidine groups is 1. The maximum atomic E-state index is 12.6. The van der Waals surface area contributed by atoms with Crippen LogP contribution in [0.5, 0.6) is 0 Å². The van der Waals surface area contributed by atoms with Crippen LogP contribution in [0.2, 0.25) is 0 Å². The lowest BCUT2D eigenvalue weighted by Gasteiger charge is -2.25. The number of likely N-dealkylation sites (tertiary alicyclic amines) is 1. The molecule has 1 aliphatic heterocycles. The Labute approximate surface area is 159 Å². The van der Waals surface area contributed by atoms with Gasteiger partial charge in [-0.2, -0.15) is 0 Å². The fourth-order valence-corrected chi connectivity index (χ4v) is 4.75. The topological polar surface area (TPSA) is 56.7 Å². The monoisotopic (exact) mass is 362 g/mol. The van der Waals surface area contributed by atoms with Crippen LogP contribution in [-0.2, 0) is 4.79 Å². The van der Waals surface area contributed by atoms with Crippen LogP contribution in [0.4, 0.5) is 0 Å². The average Bonchev–Trinajstić information content (AvgIpc) is 3.33. The van der Waals surface area contributed by atoms with Gasteiger partial charge in [0.05, 0.1) is 0 Å². The number of carbonyl (C=O) groups excluding carboxylic acids is 1. The molecule has 3 fully saturated rings. The molecule has 0 aromatic heterocycles. The van der Waals surface area contributed by atoms with Crippen molar-refractivity contribution in [2.75, 3.05) is 26.2 Å². The van der Waals surface area contributed by atoms with Crippen LogP contribution >= 0.6 is 0 Å². The minimum Gasteiger partial charge on any atom is -0.357 e. The van der Waals surface area contributed by atoms with Gasteiger partial charge in [0, 0.05) is 38.1 Å². The highest BCUT2D eigenvalue weighted by Crippen LogP contribution is 2.29. The number of amides is 1. The molecular formula is C21H38N4O. The molecule has 1 amide bonds. The van der Waals surface area contributed by atoms with Gasteiger partial charge < -0.3 is 15.5 Å². The van der Waals surface area contributed by atoms with Gasteiger partial charge in [0.1, 0.15) is 0 Å². The van der Waals surface area contributed by atoms with Crippen molar-refractivity contribution in [3.8, 4) is 0 Å². The quantitative estimate of drug-likeness (QED) is 0.583. The predicted molar refractivity (Wildman–Crippen MR) is 107 cm³/mol. The molecule has 0 aromatic rings. The molecule has 3 aliphatic rings. The molecule has 2 aliphatic carbocycles. The number of nitrogens with one attached hydrogen (secondary N) is 2. The van der Waals surface area contributed by atoms with Gasteiger partial charge in [-0.1, -0.05) is 32.6 Å². The van der Waals surface area contributed by atoms with E-state index in [1.165, 1.54) is 38.5 Å². The van der Waals surface area contributed by atoms with Crippen molar-refractivity contribution in [1.82, 2.24) is 15.5 Å². The Bertz CT molecular complexity index is 478. The minimum absolute atomic E-state index is 0.296. The Morgan fingerprint density at radius 3 is 2.50 bits per heavy atom. The zero-order valence-corrected chi connectivity index (χ0v) is 16.8. The van der Waals surface area contributed by atoms with Crippen molar-refractivity contribution >= 4 is 11.9 Å². The first kappa shape index (κ1) is 19.5. The molecule has 0 aromatic carbocycles. The molecule has 1 unspecified atom stereocenters. The molecular weight excluding hydrogens is 324 g/mol. The molecule has 5 heteroatoms. The summed E-state index contributed by atoms with van der Waals surface area (Å²) in [5.41, 5.74) is 0. The third-order valence-corrected chi connectivity index (χ3v) is 6.53. The predicted octanol–water partition coefficient (Wildman–Crippen LogP) is 3.16. The zero-order valence-electron chi connectivity index (χ0n) is 16.8. The van der Waals surface area contributed by atoms with E-state index in [9.17, 15) is 4.79 Å². The van der Waals surface area contributed by atoms with E-state index >= 15 is 0 Å². The second-order valence-electron chi connectivity index (χ2n) is 8.74. The Morgan fingerprint density at radius 2 is 1.81 bits per heavy atom. The summed E-state index contributed by atoms with van der Waals surface area (Å²) in [6.45, 7) is 8.02. The second kappa shape index (κ2) is 9.61. The maximum Gasteiger partial charge on any atom is 0.225 e. The number of hydrogen-bond acceptors (Lipinski definition) is 2. The molecule has 3 rings (SSSR count). The number of hydrogen-bond donors (Lipinski definition) is 2. The van der Waals surface area contributed by atoms with Gasteiger partial charge >= 0.3 is 0 Å². The average molecular weight is 363 g/mol. The Hall–Kier alpha value is -1.26. The first-order valence-corrected chi connectivity index (χ1v) is 11.0. The molecule has 148 valence electrons. The van der Waals surface area contributed by atoms with Crippen molar-refractivity contribution in [2.45, 2.75) is 77.7 Å². The van der Waals surface area contributed by atoms with E-state index in [4.69, 9.17) is 4.99 Å². The molecule has 2 N–H and O–H groups in total. The molecule has 5 nitrogen and oxygen atoms in total. The fourth-order valence-electron chi connectivity index (χ4n) is 4.75. The van der Waals surface area contributed by atoms with Gasteiger partial charge in [-0.15, -0.1) is 0 Å². The van der Waals surface area contributed by atoms with Crippen LogP contribution in [0.3, 0.4) is 0 Å². The molecule has 2 saturated carbocycles. The van der Waals surface area contributed by atoms with Crippen molar-refractivity contribution in [1.29, 1.82) is 0 Å². The van der Waals surface area contributed by atoms with Gasteiger partial charge in [-0.05, 0) is 50.9 Å². The second-order valence-corrected chi connectivity index (χ2v) is 8.74. The highest BCUT2D eigenvalue weighted by atomic mass is 16.2. The molecule has 0 radical (unpaired) electrons. The van der Waals surface area contributed by atoms with E-state index in [0.29, 0.717) is 17.9 Å². The lowest BCUT2D eigenvalue weighted by atomic mass is 9.83. The fraction of sp³-hybridized carbons (Fsp3) is 0.905. The number of aliphatic imine (C=N–C) groups is 1. The van der Waals surface area contributed by atoms with E-state index in [1.54, 1.807) is 0 Å². The smallest absolute Gasteiger partial charge is 0.225 e. The highest BCUT2D eigenvalue weighted by Gasteiger charge is 2.32. The van der Waals surface area contributed by atoms with Crippen molar-refractivity contribution in [3.05, 3.63) is 0 Å². The largest absolute Gasteiger partial charge is 0.357 e. The van der Waals surface area contributed by atoms with Crippen LogP contribution < -0.4 is 10.6 Å². The van der Waals surface area contributed by atoms with Gasteiger partial charge in [0.2, 0.25) is 5.91 Å². The lowest BCUT2D eigenvalue weighted by molar-refractivity contribution is -0.134. The van der Waals surface area contributed by atoms with Gasteiger partial charge in [0.15, 0.2) is 5.96 Å². The summed E-state index contributed by atoms with van der Waals surface area (Å²) in [6.07, 6.45) is 11.0. The van der Waals surface area contributed by atoms with Gasteiger partial charge in [-0.3, -0.25) is 9.79 Å². The minimum atomic E-state index is 0.296. The number of carbonyl (C=O) groups is 1. The summed E-state index contributed by atoms with van der Waals surface area (Å²) in [7, 11) is 0. The standard InChI is InChI=1S/C21H38N4O/c1-3-22-21(23-14-17-10-8-16(2)9-11-17)24-19-12-13-25(15-19)20(26)18-6-4-5-7-18/h16-19H,3-15H2,1-2H3,(H2,22,23,24). The third kappa shape index (κ3) is 5.37. The zero-order chi connectivity index (χ0) is 18.4. The molecule has 1 heterocycles. The summed E-state index contributed by atoms with van der Waals surface area (Å²) < 4.78 is 0. The van der Waals surface area contributed by atoms with E-state index in [0.717, 1.165) is 63.2 Å². The van der Waals surface area contributed by atoms with Gasteiger partial charge in [0.25, 0.3) is 0 Å². The van der Waals surface area contributed by atoms with Crippen LogP contribution in [0, 0.1) is 17.8 Å². The van der Waals surface area contributed by atoms with E-state index in [1.807, 2.05) is 0 Å². The maximum absolute atomic E-state index is 12.6. The molecule has 1 saturated heterocycles. The normalized spacial score (nSPS) is 30.6. The summed E-state index contributed by atoms with van der Waals surface area (Å²) in [5.74, 6) is 3.26. The summed E-state index contributed by atoms with van der Waals surface area (Å²) in [4.78, 5) is 19.6. The Kier molecular flexibility index (Phi) is 7.21. The van der Waals surface area contributed by atoms with Crippen molar-refractivity contribution < 1.29 is 4.79 Å². The Morgan fingerprint density at radius 1 is 1.08 bits per heavy atom. The number of nitrogens with zero attached hydrogens (tertiary/aromatic N) is 2. The van der Waals surface area contributed by atoms with Crippen LogP contribution in [0.1, 0.15) is 71.6 Å². The SMILES string of the molecule is CCNC(=NCC1CCC(C)CC1)NC1CCN(C(=O)C2CCCC2)C1. The number of rotatable bonds is 5. The molecule has 26 heavy (non-hydrogen) atoms. The first-order chi connectivity index (χ1) is 12.7. The van der Waals surface area contributed by atoms with E-state index < -0.39 is 0 Å². The first-order valence-electron chi connectivity index (χ1n) is 11.0. The molecule has 0 spiro atoms. The lowest BCUT2D eigenvalue weighted by Crippen LogP contribution is -2.45. The summed E-state index contributed by atoms with van der Waals surface area (Å²) in [6, 6.07) is 0.338. The van der Waals surface area contributed by atoms with E-state index in [2.05, 4.69) is 29.4 Å². The summed E-state index contributed by atoms with van der Waals surface area (Å²) >= 11 is 0. The van der Waals surface area contributed by atoms with Crippen molar-refractivity contribution in [2.24, 2.45) is 22.7 Å². The third-order valence-electron chi connectivity index (χ3n) is 6.53.